The molecule has 5 nitrogen and oxygen atoms in total. The lowest BCUT2D eigenvalue weighted by Crippen LogP contribution is -2.33. The Labute approximate surface area is 109 Å². The Hall–Kier alpha value is -1.36. The molecule has 0 radical (unpaired) electrons. The van der Waals surface area contributed by atoms with Crippen LogP contribution in [0.4, 0.5) is 0 Å². The highest BCUT2D eigenvalue weighted by atomic mass is 16.4. The lowest BCUT2D eigenvalue weighted by molar-refractivity contribution is -0.132. The molecule has 0 bridgehead atoms. The van der Waals surface area contributed by atoms with E-state index in [0.29, 0.717) is 13.1 Å². The van der Waals surface area contributed by atoms with Gasteiger partial charge in [0.15, 0.2) is 0 Å². The molecule has 0 aromatic rings. The number of carboxylic acid groups (broad SMARTS) is 1. The predicted molar refractivity (Wildman–Crippen MR) is 71.4 cm³/mol. The average Bonchev–Trinajstić information content (AvgIpc) is 2.36. The van der Waals surface area contributed by atoms with E-state index in [2.05, 4.69) is 18.7 Å². The van der Waals surface area contributed by atoms with Gasteiger partial charge in [-0.25, -0.2) is 4.79 Å². The largest absolute Gasteiger partial charge is 0.478 e. The van der Waals surface area contributed by atoms with Gasteiger partial charge in [0.2, 0.25) is 5.91 Å². The van der Waals surface area contributed by atoms with Crippen molar-refractivity contribution in [2.24, 2.45) is 0 Å². The van der Waals surface area contributed by atoms with Crippen LogP contribution in [0.15, 0.2) is 12.2 Å². The van der Waals surface area contributed by atoms with E-state index in [-0.39, 0.29) is 5.91 Å². The molecular weight excluding hydrogens is 232 g/mol. The van der Waals surface area contributed by atoms with Gasteiger partial charge in [0.05, 0.1) is 0 Å². The second kappa shape index (κ2) is 9.65. The zero-order chi connectivity index (χ0) is 14.0. The number of hydrogen-bond donors (Lipinski definition) is 1. The summed E-state index contributed by atoms with van der Waals surface area (Å²) in [7, 11) is 0. The number of carboxylic acids is 1. The molecule has 0 atom stereocenters. The maximum Gasteiger partial charge on any atom is 0.328 e. The second-order valence-corrected chi connectivity index (χ2v) is 3.97. The number of carbonyl (C=O) groups excluding carboxylic acids is 1. The first-order chi connectivity index (χ1) is 8.54. The van der Waals surface area contributed by atoms with Crippen LogP contribution in [0.1, 0.15) is 27.2 Å². The van der Waals surface area contributed by atoms with Gasteiger partial charge in [-0.3, -0.25) is 4.79 Å². The highest BCUT2D eigenvalue weighted by Crippen LogP contribution is 1.97. The Bertz CT molecular complexity index is 286. The fraction of sp³-hybridized carbons (Fsp3) is 0.692. The number of likely N-dealkylation sites (N-methyl/N-ethyl adjacent to an activating group) is 1. The molecule has 0 aliphatic rings. The predicted octanol–water partition coefficient (Wildman–Crippen LogP) is 1.21. The van der Waals surface area contributed by atoms with Crippen LogP contribution >= 0.6 is 0 Å². The van der Waals surface area contributed by atoms with Gasteiger partial charge in [0.25, 0.3) is 0 Å². The molecule has 0 fully saturated rings. The Kier molecular flexibility index (Phi) is 8.92. The molecule has 0 saturated heterocycles. The number of carbonyl (C=O) groups is 2. The average molecular weight is 256 g/mol. The molecule has 0 spiro atoms. The zero-order valence-corrected chi connectivity index (χ0v) is 11.6. The third-order valence-corrected chi connectivity index (χ3v) is 2.86. The Morgan fingerprint density at radius 3 is 2.06 bits per heavy atom. The minimum atomic E-state index is -1.09. The SMILES string of the molecule is CCN(CC)CCCN(CC)C(=O)/C=C/C(=O)O. The number of amides is 1. The Morgan fingerprint density at radius 2 is 1.61 bits per heavy atom. The van der Waals surface area contributed by atoms with Gasteiger partial charge in [-0.05, 0) is 33.0 Å². The standard InChI is InChI=1S/C13H24N2O3/c1-4-14(5-2)10-7-11-15(6-3)12(16)8-9-13(17)18/h8-9H,4-7,10-11H2,1-3H3,(H,17,18)/b9-8+. The maximum atomic E-state index is 11.7. The summed E-state index contributed by atoms with van der Waals surface area (Å²) < 4.78 is 0. The summed E-state index contributed by atoms with van der Waals surface area (Å²) in [5.41, 5.74) is 0. The quantitative estimate of drug-likeness (QED) is 0.630. The number of rotatable bonds is 9. The fourth-order valence-electron chi connectivity index (χ4n) is 1.70. The summed E-state index contributed by atoms with van der Waals surface area (Å²) in [6, 6.07) is 0. The molecule has 1 amide bonds. The van der Waals surface area contributed by atoms with Crippen LogP contribution in [-0.4, -0.2) is 59.5 Å². The molecule has 104 valence electrons. The molecule has 0 aliphatic carbocycles. The summed E-state index contributed by atoms with van der Waals surface area (Å²) in [4.78, 5) is 25.9. The first-order valence-electron chi connectivity index (χ1n) is 6.47. The Morgan fingerprint density at radius 1 is 1.00 bits per heavy atom. The van der Waals surface area contributed by atoms with E-state index >= 15 is 0 Å². The second-order valence-electron chi connectivity index (χ2n) is 3.97. The minimum Gasteiger partial charge on any atom is -0.478 e. The van der Waals surface area contributed by atoms with Crippen molar-refractivity contribution in [3.63, 3.8) is 0 Å². The summed E-state index contributed by atoms with van der Waals surface area (Å²) in [5.74, 6) is -1.33. The van der Waals surface area contributed by atoms with Crippen LogP contribution in [0, 0.1) is 0 Å². The monoisotopic (exact) mass is 256 g/mol. The minimum absolute atomic E-state index is 0.237. The van der Waals surface area contributed by atoms with Gasteiger partial charge < -0.3 is 14.9 Å². The van der Waals surface area contributed by atoms with Crippen molar-refractivity contribution >= 4 is 11.9 Å². The zero-order valence-electron chi connectivity index (χ0n) is 11.6. The van der Waals surface area contributed by atoms with Gasteiger partial charge in [-0.1, -0.05) is 13.8 Å². The molecule has 0 rings (SSSR count). The van der Waals surface area contributed by atoms with E-state index in [1.807, 2.05) is 6.92 Å². The van der Waals surface area contributed by atoms with E-state index in [9.17, 15) is 9.59 Å². The van der Waals surface area contributed by atoms with E-state index in [4.69, 9.17) is 5.11 Å². The molecule has 0 aromatic carbocycles. The van der Waals surface area contributed by atoms with Crippen molar-refractivity contribution in [3.05, 3.63) is 12.2 Å². The van der Waals surface area contributed by atoms with Gasteiger partial charge >= 0.3 is 5.97 Å². The highest BCUT2D eigenvalue weighted by Gasteiger charge is 2.09. The van der Waals surface area contributed by atoms with E-state index in [0.717, 1.165) is 38.2 Å². The molecule has 1 N–H and O–H groups in total. The smallest absolute Gasteiger partial charge is 0.328 e. The van der Waals surface area contributed by atoms with Crippen LogP contribution in [0.5, 0.6) is 0 Å². The molecular formula is C13H24N2O3. The number of hydrogen-bond acceptors (Lipinski definition) is 3. The first-order valence-corrected chi connectivity index (χ1v) is 6.47. The molecule has 0 aromatic heterocycles. The highest BCUT2D eigenvalue weighted by molar-refractivity contribution is 5.93. The van der Waals surface area contributed by atoms with Gasteiger partial charge in [0.1, 0.15) is 0 Å². The first kappa shape index (κ1) is 16.6. The summed E-state index contributed by atoms with van der Waals surface area (Å²) in [6.07, 6.45) is 2.90. The number of nitrogens with zero attached hydrogens (tertiary/aromatic N) is 2. The van der Waals surface area contributed by atoms with Crippen LogP contribution < -0.4 is 0 Å². The molecule has 18 heavy (non-hydrogen) atoms. The van der Waals surface area contributed by atoms with E-state index in [1.54, 1.807) is 4.90 Å². The third kappa shape index (κ3) is 7.06. The molecule has 0 unspecified atom stereocenters. The third-order valence-electron chi connectivity index (χ3n) is 2.86. The Balaban J connectivity index is 4.10. The molecule has 0 aliphatic heterocycles. The van der Waals surface area contributed by atoms with E-state index in [1.165, 1.54) is 0 Å². The topological polar surface area (TPSA) is 60.9 Å². The van der Waals surface area contributed by atoms with Crippen molar-refractivity contribution in [2.75, 3.05) is 32.7 Å². The maximum absolute atomic E-state index is 11.7. The van der Waals surface area contributed by atoms with Crippen molar-refractivity contribution in [1.29, 1.82) is 0 Å². The fourth-order valence-corrected chi connectivity index (χ4v) is 1.70. The lowest BCUT2D eigenvalue weighted by Gasteiger charge is -2.22. The van der Waals surface area contributed by atoms with Gasteiger partial charge in [-0.2, -0.15) is 0 Å². The van der Waals surface area contributed by atoms with Gasteiger partial charge in [-0.15, -0.1) is 0 Å². The van der Waals surface area contributed by atoms with Crippen molar-refractivity contribution < 1.29 is 14.7 Å². The van der Waals surface area contributed by atoms with Crippen molar-refractivity contribution in [2.45, 2.75) is 27.2 Å². The van der Waals surface area contributed by atoms with Crippen LogP contribution in [0.3, 0.4) is 0 Å². The van der Waals surface area contributed by atoms with Crippen molar-refractivity contribution in [3.8, 4) is 0 Å². The van der Waals surface area contributed by atoms with Gasteiger partial charge in [0, 0.05) is 25.2 Å². The summed E-state index contributed by atoms with van der Waals surface area (Å²) in [6.45, 7) is 10.4. The summed E-state index contributed by atoms with van der Waals surface area (Å²) >= 11 is 0. The lowest BCUT2D eigenvalue weighted by atomic mass is 10.3. The molecule has 0 saturated carbocycles. The van der Waals surface area contributed by atoms with Crippen LogP contribution in [0.2, 0.25) is 0 Å². The van der Waals surface area contributed by atoms with Crippen molar-refractivity contribution in [1.82, 2.24) is 9.80 Å². The van der Waals surface area contributed by atoms with Crippen LogP contribution in [0.25, 0.3) is 0 Å². The number of aliphatic carboxylic acids is 1. The normalized spacial score (nSPS) is 11.1. The summed E-state index contributed by atoms with van der Waals surface area (Å²) in [5, 5.41) is 8.47. The molecule has 0 heterocycles. The van der Waals surface area contributed by atoms with E-state index < -0.39 is 5.97 Å². The van der Waals surface area contributed by atoms with Crippen LogP contribution in [-0.2, 0) is 9.59 Å². The molecule has 5 heteroatoms.